The Morgan fingerprint density at radius 1 is 1.42 bits per heavy atom. The van der Waals surface area contributed by atoms with E-state index in [9.17, 15) is 15.0 Å². The first-order valence-electron chi connectivity index (χ1n) is 4.44. The van der Waals surface area contributed by atoms with Crippen LogP contribution in [-0.4, -0.2) is 16.7 Å². The second-order valence-electron chi connectivity index (χ2n) is 3.37. The van der Waals surface area contributed by atoms with Gasteiger partial charge in [0.2, 0.25) is 0 Å². The zero-order valence-corrected chi connectivity index (χ0v) is 7.80. The summed E-state index contributed by atoms with van der Waals surface area (Å²) in [4.78, 5) is 10.3. The summed E-state index contributed by atoms with van der Waals surface area (Å²) >= 11 is 0. The summed E-state index contributed by atoms with van der Waals surface area (Å²) in [5.41, 5.74) is -1.65. The van der Waals surface area contributed by atoms with Gasteiger partial charge < -0.3 is 15.0 Å². The van der Waals surface area contributed by atoms with Crippen molar-refractivity contribution >= 4 is 5.97 Å². The molecule has 0 aromatic rings. The van der Waals surface area contributed by atoms with Crippen LogP contribution in [0.25, 0.3) is 0 Å². The van der Waals surface area contributed by atoms with Crippen molar-refractivity contribution in [3.63, 3.8) is 0 Å². The van der Waals surface area contributed by atoms with E-state index in [0.29, 0.717) is 0 Å². The van der Waals surface area contributed by atoms with Gasteiger partial charge in [-0.3, -0.25) is 0 Å². The molecule has 0 saturated heterocycles. The molecule has 0 aliphatic rings. The summed E-state index contributed by atoms with van der Waals surface area (Å²) in [5, 5.41) is 19.6. The summed E-state index contributed by atoms with van der Waals surface area (Å²) in [7, 11) is 0. The third kappa shape index (κ3) is 4.34. The van der Waals surface area contributed by atoms with E-state index in [1.54, 1.807) is 0 Å². The summed E-state index contributed by atoms with van der Waals surface area (Å²) in [6.45, 7) is 3.37. The predicted octanol–water partition coefficient (Wildman–Crippen LogP) is 0.458. The van der Waals surface area contributed by atoms with Gasteiger partial charge >= 0.3 is 0 Å². The normalized spacial score (nSPS) is 15.6. The first-order chi connectivity index (χ1) is 5.50. The van der Waals surface area contributed by atoms with E-state index in [4.69, 9.17) is 0 Å². The van der Waals surface area contributed by atoms with Gasteiger partial charge in [-0.05, 0) is 13.3 Å². The van der Waals surface area contributed by atoms with Crippen LogP contribution in [-0.2, 0) is 4.79 Å². The molecule has 0 spiro atoms. The van der Waals surface area contributed by atoms with Gasteiger partial charge in [0.15, 0.2) is 0 Å². The van der Waals surface area contributed by atoms with Crippen LogP contribution in [0.15, 0.2) is 0 Å². The molecule has 1 atom stereocenters. The zero-order valence-electron chi connectivity index (χ0n) is 7.80. The molecule has 0 saturated carbocycles. The largest absolute Gasteiger partial charge is 0.547 e. The topological polar surface area (TPSA) is 60.4 Å². The van der Waals surface area contributed by atoms with E-state index < -0.39 is 11.6 Å². The Hall–Kier alpha value is -0.570. The zero-order chi connectivity index (χ0) is 9.61. The fourth-order valence-corrected chi connectivity index (χ4v) is 0.998. The van der Waals surface area contributed by atoms with E-state index in [2.05, 4.69) is 6.92 Å². The van der Waals surface area contributed by atoms with Crippen LogP contribution in [0.1, 0.15) is 46.0 Å². The van der Waals surface area contributed by atoms with Gasteiger partial charge in [-0.1, -0.05) is 32.6 Å². The maximum Gasteiger partial charge on any atom is 0.101 e. The molecule has 0 radical (unpaired) electrons. The number of aliphatic hydroxyl groups is 1. The Balaban J connectivity index is 3.54. The molecule has 0 amide bonds. The molecule has 12 heavy (non-hydrogen) atoms. The monoisotopic (exact) mass is 173 g/mol. The van der Waals surface area contributed by atoms with E-state index in [-0.39, 0.29) is 6.42 Å². The second-order valence-corrected chi connectivity index (χ2v) is 3.37. The highest BCUT2D eigenvalue weighted by Crippen LogP contribution is 2.13. The number of carboxylic acid groups (broad SMARTS) is 1. The van der Waals surface area contributed by atoms with E-state index in [0.717, 1.165) is 25.7 Å². The Morgan fingerprint density at radius 3 is 2.42 bits per heavy atom. The van der Waals surface area contributed by atoms with Crippen molar-refractivity contribution in [1.82, 2.24) is 0 Å². The number of carbonyl (C=O) groups is 1. The Bertz CT molecular complexity index is 141. The molecule has 0 rings (SSSR count). The Kier molecular flexibility index (Phi) is 4.90. The smallest absolute Gasteiger partial charge is 0.101 e. The molecule has 0 aliphatic carbocycles. The predicted molar refractivity (Wildman–Crippen MR) is 44.4 cm³/mol. The Morgan fingerprint density at radius 2 is 2.00 bits per heavy atom. The number of hydrogen-bond donors (Lipinski definition) is 1. The van der Waals surface area contributed by atoms with Crippen LogP contribution < -0.4 is 5.11 Å². The lowest BCUT2D eigenvalue weighted by atomic mass is 9.98. The van der Waals surface area contributed by atoms with Crippen molar-refractivity contribution in [1.29, 1.82) is 0 Å². The molecule has 0 aliphatic heterocycles. The molecule has 72 valence electrons. The molecular weight excluding hydrogens is 156 g/mol. The quantitative estimate of drug-likeness (QED) is 0.593. The first-order valence-corrected chi connectivity index (χ1v) is 4.44. The van der Waals surface area contributed by atoms with Gasteiger partial charge in [-0.15, -0.1) is 0 Å². The number of rotatable bonds is 6. The SMILES string of the molecule is CCCCCCC(C)(O)C(=O)[O-]. The van der Waals surface area contributed by atoms with Crippen molar-refractivity contribution in [2.24, 2.45) is 0 Å². The number of hydrogen-bond acceptors (Lipinski definition) is 3. The summed E-state index contributed by atoms with van der Waals surface area (Å²) in [5.74, 6) is -1.38. The summed E-state index contributed by atoms with van der Waals surface area (Å²) in [6, 6.07) is 0. The molecule has 0 aromatic heterocycles. The fraction of sp³-hybridized carbons (Fsp3) is 0.889. The minimum absolute atomic E-state index is 0.287. The van der Waals surface area contributed by atoms with Gasteiger partial charge in [0.05, 0.1) is 5.97 Å². The number of carbonyl (C=O) groups excluding carboxylic acids is 1. The van der Waals surface area contributed by atoms with Gasteiger partial charge in [0.25, 0.3) is 0 Å². The van der Waals surface area contributed by atoms with E-state index in [1.165, 1.54) is 6.92 Å². The van der Waals surface area contributed by atoms with Gasteiger partial charge in [-0.2, -0.15) is 0 Å². The number of carboxylic acids is 1. The standard InChI is InChI=1S/C9H18O3/c1-3-4-5-6-7-9(2,12)8(10)11/h12H,3-7H2,1-2H3,(H,10,11)/p-1. The lowest BCUT2D eigenvalue weighted by Crippen LogP contribution is -2.45. The number of unbranched alkanes of at least 4 members (excludes halogenated alkanes) is 3. The highest BCUT2D eigenvalue weighted by Gasteiger charge is 2.20. The average molecular weight is 173 g/mol. The third-order valence-corrected chi connectivity index (χ3v) is 1.96. The lowest BCUT2D eigenvalue weighted by Gasteiger charge is -2.23. The van der Waals surface area contributed by atoms with Gasteiger partial charge in [0, 0.05) is 0 Å². The van der Waals surface area contributed by atoms with Crippen molar-refractivity contribution in [3.8, 4) is 0 Å². The molecular formula is C9H17O3-. The Labute approximate surface area is 73.4 Å². The maximum atomic E-state index is 10.3. The molecule has 1 N–H and O–H groups in total. The van der Waals surface area contributed by atoms with Crippen molar-refractivity contribution in [2.75, 3.05) is 0 Å². The minimum atomic E-state index is -1.65. The van der Waals surface area contributed by atoms with Crippen LogP contribution in [0.5, 0.6) is 0 Å². The van der Waals surface area contributed by atoms with Crippen LogP contribution in [0, 0.1) is 0 Å². The van der Waals surface area contributed by atoms with Gasteiger partial charge in [0.1, 0.15) is 5.60 Å². The van der Waals surface area contributed by atoms with Crippen molar-refractivity contribution in [3.05, 3.63) is 0 Å². The van der Waals surface area contributed by atoms with Crippen molar-refractivity contribution in [2.45, 2.75) is 51.6 Å². The fourth-order valence-electron chi connectivity index (χ4n) is 0.998. The minimum Gasteiger partial charge on any atom is -0.547 e. The third-order valence-electron chi connectivity index (χ3n) is 1.96. The maximum absolute atomic E-state index is 10.3. The summed E-state index contributed by atoms with van der Waals surface area (Å²) < 4.78 is 0. The first kappa shape index (κ1) is 11.4. The van der Waals surface area contributed by atoms with Crippen molar-refractivity contribution < 1.29 is 15.0 Å². The van der Waals surface area contributed by atoms with Gasteiger partial charge in [-0.25, -0.2) is 0 Å². The lowest BCUT2D eigenvalue weighted by molar-refractivity contribution is -0.324. The van der Waals surface area contributed by atoms with E-state index >= 15 is 0 Å². The molecule has 3 heteroatoms. The second kappa shape index (κ2) is 5.14. The summed E-state index contributed by atoms with van der Waals surface area (Å²) in [6.07, 6.45) is 4.20. The molecule has 0 bridgehead atoms. The van der Waals surface area contributed by atoms with Crippen LogP contribution >= 0.6 is 0 Å². The van der Waals surface area contributed by atoms with E-state index in [1.807, 2.05) is 0 Å². The van der Waals surface area contributed by atoms with Crippen LogP contribution in [0.2, 0.25) is 0 Å². The molecule has 3 nitrogen and oxygen atoms in total. The highest BCUT2D eigenvalue weighted by atomic mass is 16.4. The van der Waals surface area contributed by atoms with Crippen LogP contribution in [0.4, 0.5) is 0 Å². The molecule has 0 heterocycles. The van der Waals surface area contributed by atoms with Crippen LogP contribution in [0.3, 0.4) is 0 Å². The average Bonchev–Trinajstić information content (AvgIpc) is 1.98. The molecule has 0 aromatic carbocycles. The molecule has 1 unspecified atom stereocenters. The highest BCUT2D eigenvalue weighted by molar-refractivity contribution is 5.74. The number of aliphatic carboxylic acids is 1. The molecule has 0 fully saturated rings.